The molecule has 2 unspecified atom stereocenters. The Morgan fingerprint density at radius 2 is 1.97 bits per heavy atom. The third-order valence-electron chi connectivity index (χ3n) is 6.59. The molecule has 2 aliphatic rings. The van der Waals surface area contributed by atoms with Gasteiger partial charge in [-0.1, -0.05) is 29.3 Å². The van der Waals surface area contributed by atoms with Gasteiger partial charge in [-0.05, 0) is 36.5 Å². The molecule has 1 aromatic carbocycles. The third-order valence-corrected chi connectivity index (χ3v) is 7.35. The maximum Gasteiger partial charge on any atom is 0.248 e. The molecule has 2 atom stereocenters. The van der Waals surface area contributed by atoms with Crippen LogP contribution in [0.25, 0.3) is 11.6 Å². The van der Waals surface area contributed by atoms with Crippen LogP contribution >= 0.6 is 23.2 Å². The Labute approximate surface area is 202 Å². The third kappa shape index (κ3) is 4.35. The van der Waals surface area contributed by atoms with Gasteiger partial charge in [-0.25, -0.2) is 4.98 Å². The van der Waals surface area contributed by atoms with Crippen LogP contribution in [-0.2, 0) is 17.9 Å². The summed E-state index contributed by atoms with van der Waals surface area (Å²) in [4.78, 5) is 21.5. The number of aromatic nitrogens is 3. The van der Waals surface area contributed by atoms with Gasteiger partial charge in [0.15, 0.2) is 5.69 Å². The molecule has 0 N–H and O–H groups in total. The molecule has 0 radical (unpaired) electrons. The van der Waals surface area contributed by atoms with Crippen molar-refractivity contribution in [2.45, 2.75) is 20.0 Å². The number of carbonyl (C=O) groups is 1. The van der Waals surface area contributed by atoms with E-state index >= 15 is 0 Å². The predicted molar refractivity (Wildman–Crippen MR) is 124 cm³/mol. The average Bonchev–Trinajstić information content (AvgIpc) is 3.57. The summed E-state index contributed by atoms with van der Waals surface area (Å²) in [6.07, 6.45) is 3.02. The lowest BCUT2D eigenvalue weighted by molar-refractivity contribution is -0.131. The first kappa shape index (κ1) is 22.3. The molecule has 3 aromatic rings. The van der Waals surface area contributed by atoms with Crippen LogP contribution in [0.15, 0.2) is 35.1 Å². The number of likely N-dealkylation sites (tertiary alicyclic amines) is 2. The zero-order valence-corrected chi connectivity index (χ0v) is 20.0. The van der Waals surface area contributed by atoms with Gasteiger partial charge in [0, 0.05) is 32.7 Å². The van der Waals surface area contributed by atoms with Crippen molar-refractivity contribution in [3.05, 3.63) is 52.0 Å². The predicted octanol–water partition coefficient (Wildman–Crippen LogP) is 3.75. The normalized spacial score (nSPS) is 20.4. The molecular formula is C23H25Cl2N5O3. The molecule has 0 aliphatic carbocycles. The first-order valence-electron chi connectivity index (χ1n) is 10.9. The molecule has 4 heterocycles. The number of hydrogen-bond acceptors (Lipinski definition) is 6. The highest BCUT2D eigenvalue weighted by molar-refractivity contribution is 6.33. The lowest BCUT2D eigenvalue weighted by Crippen LogP contribution is -2.35. The number of carbonyl (C=O) groups excluding carboxylic acids is 1. The van der Waals surface area contributed by atoms with Crippen LogP contribution in [0.3, 0.4) is 0 Å². The topological polar surface area (TPSA) is 76.6 Å². The van der Waals surface area contributed by atoms with Crippen molar-refractivity contribution < 1.29 is 13.9 Å². The van der Waals surface area contributed by atoms with Crippen LogP contribution in [0, 0.1) is 18.8 Å². The number of nitrogens with zero attached hydrogens (tertiary/aromatic N) is 5. The van der Waals surface area contributed by atoms with E-state index < -0.39 is 0 Å². The molecule has 1 amide bonds. The van der Waals surface area contributed by atoms with Crippen molar-refractivity contribution in [2.75, 3.05) is 33.3 Å². The van der Waals surface area contributed by atoms with Crippen molar-refractivity contribution >= 4 is 29.1 Å². The van der Waals surface area contributed by atoms with Gasteiger partial charge in [0.25, 0.3) is 0 Å². The molecule has 10 heteroatoms. The molecule has 174 valence electrons. The summed E-state index contributed by atoms with van der Waals surface area (Å²) in [5, 5.41) is 5.54. The zero-order valence-electron chi connectivity index (χ0n) is 18.5. The fraction of sp³-hybridized carbons (Fsp3) is 0.435. The summed E-state index contributed by atoms with van der Waals surface area (Å²) in [5.41, 5.74) is 2.36. The van der Waals surface area contributed by atoms with Gasteiger partial charge in [-0.15, -0.1) is 0 Å². The van der Waals surface area contributed by atoms with Crippen LogP contribution in [0.1, 0.15) is 11.3 Å². The fourth-order valence-electron chi connectivity index (χ4n) is 4.87. The number of amides is 1. The number of ether oxygens (including phenoxy) is 1. The second-order valence-corrected chi connectivity index (χ2v) is 9.51. The average molecular weight is 490 g/mol. The summed E-state index contributed by atoms with van der Waals surface area (Å²) in [6.45, 7) is 6.33. The van der Waals surface area contributed by atoms with Crippen molar-refractivity contribution in [2.24, 2.45) is 11.8 Å². The van der Waals surface area contributed by atoms with Crippen LogP contribution in [-0.4, -0.2) is 63.8 Å². The summed E-state index contributed by atoms with van der Waals surface area (Å²) in [5.74, 6) is 2.06. The summed E-state index contributed by atoms with van der Waals surface area (Å²) >= 11 is 12.6. The molecule has 0 bridgehead atoms. The number of benzene rings is 1. The quantitative estimate of drug-likeness (QED) is 0.524. The second-order valence-electron chi connectivity index (χ2n) is 8.72. The molecule has 2 aromatic heterocycles. The smallest absolute Gasteiger partial charge is 0.248 e. The van der Waals surface area contributed by atoms with E-state index in [1.807, 2.05) is 30.0 Å². The van der Waals surface area contributed by atoms with Gasteiger partial charge in [0.1, 0.15) is 18.6 Å². The Bertz CT molecular complexity index is 1150. The zero-order chi connectivity index (χ0) is 23.1. The van der Waals surface area contributed by atoms with Gasteiger partial charge in [-0.3, -0.25) is 14.4 Å². The minimum absolute atomic E-state index is 0.0552. The second kappa shape index (κ2) is 9.00. The maximum atomic E-state index is 13.0. The Morgan fingerprint density at radius 3 is 2.64 bits per heavy atom. The van der Waals surface area contributed by atoms with Gasteiger partial charge < -0.3 is 14.1 Å². The van der Waals surface area contributed by atoms with Crippen LogP contribution in [0.2, 0.25) is 10.0 Å². The van der Waals surface area contributed by atoms with Crippen LogP contribution < -0.4 is 4.74 Å². The van der Waals surface area contributed by atoms with E-state index in [4.69, 9.17) is 32.4 Å². The number of rotatable bonds is 6. The van der Waals surface area contributed by atoms with Crippen molar-refractivity contribution in [3.63, 3.8) is 0 Å². The standard InChI is InChI=1S/C23H25Cl2N5O3/c1-14-21(25)22(23-26-5-6-33-23)27-30(14)13-20(31)29-11-16-9-28(10-17(16)12-29)8-15-3-4-18(24)19(7-15)32-2/h3-7,16-17H,8-13H2,1-2H3. The summed E-state index contributed by atoms with van der Waals surface area (Å²) < 4.78 is 12.3. The summed E-state index contributed by atoms with van der Waals surface area (Å²) in [7, 11) is 1.63. The molecule has 0 saturated carbocycles. The lowest BCUT2D eigenvalue weighted by Gasteiger charge is -2.22. The SMILES string of the molecule is COc1cc(CN2CC3CN(C(=O)Cn4nc(-c5ncco5)c(Cl)c4C)CC3C2)ccc1Cl. The first-order chi connectivity index (χ1) is 15.9. The van der Waals surface area contributed by atoms with Gasteiger partial charge in [0.2, 0.25) is 11.8 Å². The molecule has 5 rings (SSSR count). The van der Waals surface area contributed by atoms with Gasteiger partial charge in [-0.2, -0.15) is 5.10 Å². The van der Waals surface area contributed by atoms with E-state index in [-0.39, 0.29) is 12.5 Å². The van der Waals surface area contributed by atoms with E-state index in [0.29, 0.717) is 39.2 Å². The van der Waals surface area contributed by atoms with E-state index in [9.17, 15) is 4.79 Å². The highest BCUT2D eigenvalue weighted by Crippen LogP contribution is 2.34. The van der Waals surface area contributed by atoms with Crippen molar-refractivity contribution in [1.29, 1.82) is 0 Å². The van der Waals surface area contributed by atoms with E-state index in [1.165, 1.54) is 11.8 Å². The maximum absolute atomic E-state index is 13.0. The first-order valence-corrected chi connectivity index (χ1v) is 11.6. The molecule has 2 aliphatic heterocycles. The highest BCUT2D eigenvalue weighted by Gasteiger charge is 2.41. The van der Waals surface area contributed by atoms with Gasteiger partial charge >= 0.3 is 0 Å². The monoisotopic (exact) mass is 489 g/mol. The molecule has 2 fully saturated rings. The Morgan fingerprint density at radius 1 is 1.21 bits per heavy atom. The number of halogens is 2. The molecule has 0 spiro atoms. The van der Waals surface area contributed by atoms with Crippen LogP contribution in [0.5, 0.6) is 5.75 Å². The number of oxazole rings is 1. The number of fused-ring (bicyclic) bond motifs is 1. The molecular weight excluding hydrogens is 465 g/mol. The van der Waals surface area contributed by atoms with E-state index in [1.54, 1.807) is 18.0 Å². The Kier molecular flexibility index (Phi) is 6.07. The minimum atomic E-state index is 0.0552. The largest absolute Gasteiger partial charge is 0.495 e. The van der Waals surface area contributed by atoms with Crippen molar-refractivity contribution in [1.82, 2.24) is 24.6 Å². The number of methoxy groups -OCH3 is 1. The fourth-order valence-corrected chi connectivity index (χ4v) is 5.28. The van der Waals surface area contributed by atoms with E-state index in [2.05, 4.69) is 15.0 Å². The Hall–Kier alpha value is -2.55. The van der Waals surface area contributed by atoms with Crippen LogP contribution in [0.4, 0.5) is 0 Å². The van der Waals surface area contributed by atoms with Gasteiger partial charge in [0.05, 0.1) is 29.0 Å². The molecule has 2 saturated heterocycles. The number of hydrogen-bond donors (Lipinski definition) is 0. The molecule has 33 heavy (non-hydrogen) atoms. The Balaban J connectivity index is 1.18. The highest BCUT2D eigenvalue weighted by atomic mass is 35.5. The lowest BCUT2D eigenvalue weighted by atomic mass is 10.0. The molecule has 8 nitrogen and oxygen atoms in total. The van der Waals surface area contributed by atoms with Crippen molar-refractivity contribution in [3.8, 4) is 17.3 Å². The summed E-state index contributed by atoms with van der Waals surface area (Å²) in [6, 6.07) is 5.92. The minimum Gasteiger partial charge on any atom is -0.495 e. The van der Waals surface area contributed by atoms with E-state index in [0.717, 1.165) is 38.4 Å².